The van der Waals surface area contributed by atoms with Crippen LogP contribution in [0.2, 0.25) is 0 Å². The minimum Gasteiger partial charge on any atom is -0.491 e. The van der Waals surface area contributed by atoms with Crippen LogP contribution in [0, 0.1) is 0 Å². The molecule has 0 fully saturated rings. The number of hydrogen-bond donors (Lipinski definition) is 1. The molecule has 30 heavy (non-hydrogen) atoms. The molecule has 156 valence electrons. The van der Waals surface area contributed by atoms with Crippen LogP contribution in [0.15, 0.2) is 60.7 Å². The molecule has 0 amide bonds. The maximum atomic E-state index is 6.41. The molecule has 0 saturated carbocycles. The Balaban J connectivity index is 1.57. The highest BCUT2D eigenvalue weighted by atomic mass is 16.5. The molecule has 4 rings (SSSR count). The van der Waals surface area contributed by atoms with Gasteiger partial charge < -0.3 is 10.5 Å². The molecule has 0 heterocycles. The first-order valence-corrected chi connectivity index (χ1v) is 11.6. The summed E-state index contributed by atoms with van der Waals surface area (Å²) in [5, 5.41) is 7.35. The smallest absolute Gasteiger partial charge is 0.150 e. The summed E-state index contributed by atoms with van der Waals surface area (Å²) in [7, 11) is 0. The molecule has 0 atom stereocenters. The Morgan fingerprint density at radius 2 is 1.10 bits per heavy atom. The molecule has 0 aliphatic rings. The summed E-state index contributed by atoms with van der Waals surface area (Å²) in [6, 6.07) is 21.3. The van der Waals surface area contributed by atoms with E-state index in [0.29, 0.717) is 0 Å². The van der Waals surface area contributed by atoms with E-state index < -0.39 is 0 Å². The fraction of sp³-hybridized carbons (Fsp3) is 0.357. The number of rotatable bonds is 10. The molecule has 4 aromatic rings. The lowest BCUT2D eigenvalue weighted by molar-refractivity contribution is 0.309. The van der Waals surface area contributed by atoms with Gasteiger partial charge in [0.15, 0.2) is 5.75 Å². The molecule has 2 nitrogen and oxygen atoms in total. The van der Waals surface area contributed by atoms with Gasteiger partial charge in [-0.2, -0.15) is 0 Å². The Morgan fingerprint density at radius 3 is 1.73 bits per heavy atom. The lowest BCUT2D eigenvalue weighted by Crippen LogP contribution is -2.02. The minimum absolute atomic E-state index is 0.722. The average molecular weight is 400 g/mol. The van der Waals surface area contributed by atoms with Crippen molar-refractivity contribution in [3.8, 4) is 5.75 Å². The molecule has 0 aliphatic heterocycles. The van der Waals surface area contributed by atoms with Crippen LogP contribution < -0.4 is 10.5 Å². The second kappa shape index (κ2) is 9.84. The first-order valence-electron chi connectivity index (χ1n) is 11.6. The summed E-state index contributed by atoms with van der Waals surface area (Å²) in [6.07, 6.45) is 10.4. The standard InChI is InChI=1S/C28H33NO/c1-2-3-4-5-6-7-8-13-20-30-28-26(29)19-18-25-23-16-10-9-14-21(23)22-15-11-12-17-24(22)27(25)28/h9-12,14-19H,2-8,13,20,29H2,1H3. The van der Waals surface area contributed by atoms with Crippen LogP contribution in [0.25, 0.3) is 32.3 Å². The number of nitrogens with two attached hydrogens (primary N) is 1. The number of benzene rings is 4. The second-order valence-electron chi connectivity index (χ2n) is 8.32. The predicted octanol–water partition coefficient (Wildman–Crippen LogP) is 8.25. The Hall–Kier alpha value is -2.74. The normalized spacial score (nSPS) is 11.5. The van der Waals surface area contributed by atoms with E-state index in [1.807, 2.05) is 6.07 Å². The molecule has 0 aromatic heterocycles. The second-order valence-corrected chi connectivity index (χ2v) is 8.32. The van der Waals surface area contributed by atoms with Gasteiger partial charge in [0.05, 0.1) is 12.3 Å². The molecular formula is C28H33NO. The van der Waals surface area contributed by atoms with Crippen molar-refractivity contribution in [3.05, 3.63) is 60.7 Å². The van der Waals surface area contributed by atoms with Gasteiger partial charge in [-0.3, -0.25) is 0 Å². The van der Waals surface area contributed by atoms with Gasteiger partial charge in [0.1, 0.15) is 0 Å². The van der Waals surface area contributed by atoms with Crippen LogP contribution in [0.5, 0.6) is 5.75 Å². The summed E-state index contributed by atoms with van der Waals surface area (Å²) in [5.74, 6) is 0.845. The number of fused-ring (bicyclic) bond motifs is 6. The van der Waals surface area contributed by atoms with E-state index in [-0.39, 0.29) is 0 Å². The quantitative estimate of drug-likeness (QED) is 0.165. The maximum Gasteiger partial charge on any atom is 0.150 e. The Morgan fingerprint density at radius 1 is 0.600 bits per heavy atom. The van der Waals surface area contributed by atoms with Crippen molar-refractivity contribution in [2.45, 2.75) is 58.3 Å². The first-order chi connectivity index (χ1) is 14.8. The highest BCUT2D eigenvalue weighted by Gasteiger charge is 2.14. The molecule has 0 radical (unpaired) electrons. The van der Waals surface area contributed by atoms with Crippen molar-refractivity contribution >= 4 is 38.0 Å². The fourth-order valence-corrected chi connectivity index (χ4v) is 4.55. The number of anilines is 1. The van der Waals surface area contributed by atoms with Crippen LogP contribution in [-0.4, -0.2) is 6.61 Å². The SMILES string of the molecule is CCCCCCCCCCOc1c(N)ccc2c3ccccc3c3ccccc3c12. The molecule has 0 saturated heterocycles. The molecule has 0 bridgehead atoms. The van der Waals surface area contributed by atoms with Gasteiger partial charge in [-0.15, -0.1) is 0 Å². The third-order valence-corrected chi connectivity index (χ3v) is 6.14. The first kappa shape index (κ1) is 20.5. The van der Waals surface area contributed by atoms with Gasteiger partial charge in [0, 0.05) is 5.39 Å². The van der Waals surface area contributed by atoms with Gasteiger partial charge in [-0.05, 0) is 39.4 Å². The Labute approximate surface area is 180 Å². The molecule has 4 aromatic carbocycles. The molecular weight excluding hydrogens is 366 g/mol. The van der Waals surface area contributed by atoms with Crippen LogP contribution in [-0.2, 0) is 0 Å². The maximum absolute atomic E-state index is 6.41. The van der Waals surface area contributed by atoms with Gasteiger partial charge in [0.2, 0.25) is 0 Å². The largest absolute Gasteiger partial charge is 0.491 e. The van der Waals surface area contributed by atoms with Crippen molar-refractivity contribution in [2.75, 3.05) is 12.3 Å². The van der Waals surface area contributed by atoms with Crippen LogP contribution >= 0.6 is 0 Å². The summed E-state index contributed by atoms with van der Waals surface area (Å²) < 4.78 is 6.33. The number of nitrogen functional groups attached to an aromatic ring is 1. The zero-order valence-corrected chi connectivity index (χ0v) is 18.1. The average Bonchev–Trinajstić information content (AvgIpc) is 2.79. The summed E-state index contributed by atoms with van der Waals surface area (Å²) in [6.45, 7) is 2.99. The minimum atomic E-state index is 0.722. The monoisotopic (exact) mass is 399 g/mol. The summed E-state index contributed by atoms with van der Waals surface area (Å²) in [5.41, 5.74) is 7.13. The Bertz CT molecular complexity index is 1100. The van der Waals surface area contributed by atoms with Crippen molar-refractivity contribution in [2.24, 2.45) is 0 Å². The van der Waals surface area contributed by atoms with E-state index >= 15 is 0 Å². The lowest BCUT2D eigenvalue weighted by Gasteiger charge is -2.16. The lowest BCUT2D eigenvalue weighted by atomic mass is 9.93. The van der Waals surface area contributed by atoms with E-state index in [4.69, 9.17) is 10.5 Å². The van der Waals surface area contributed by atoms with Crippen molar-refractivity contribution in [3.63, 3.8) is 0 Å². The highest BCUT2D eigenvalue weighted by molar-refractivity contribution is 6.27. The molecule has 0 spiro atoms. The fourth-order valence-electron chi connectivity index (χ4n) is 4.55. The third kappa shape index (κ3) is 4.23. The van der Waals surface area contributed by atoms with E-state index in [1.165, 1.54) is 71.9 Å². The van der Waals surface area contributed by atoms with Crippen LogP contribution in [0.1, 0.15) is 58.3 Å². The van der Waals surface area contributed by atoms with Crippen molar-refractivity contribution in [1.82, 2.24) is 0 Å². The molecule has 2 N–H and O–H groups in total. The van der Waals surface area contributed by atoms with E-state index in [2.05, 4.69) is 61.5 Å². The van der Waals surface area contributed by atoms with E-state index in [1.54, 1.807) is 0 Å². The van der Waals surface area contributed by atoms with Gasteiger partial charge in [0.25, 0.3) is 0 Å². The van der Waals surface area contributed by atoms with Crippen LogP contribution in [0.3, 0.4) is 0 Å². The van der Waals surface area contributed by atoms with Crippen LogP contribution in [0.4, 0.5) is 5.69 Å². The predicted molar refractivity (Wildman–Crippen MR) is 131 cm³/mol. The molecule has 2 heteroatoms. The zero-order chi connectivity index (χ0) is 20.8. The van der Waals surface area contributed by atoms with Gasteiger partial charge in [-0.1, -0.05) is 106 Å². The highest BCUT2D eigenvalue weighted by Crippen LogP contribution is 2.42. The third-order valence-electron chi connectivity index (χ3n) is 6.14. The van der Waals surface area contributed by atoms with Gasteiger partial charge in [-0.25, -0.2) is 0 Å². The summed E-state index contributed by atoms with van der Waals surface area (Å²) in [4.78, 5) is 0. The van der Waals surface area contributed by atoms with E-state index in [9.17, 15) is 0 Å². The zero-order valence-electron chi connectivity index (χ0n) is 18.1. The van der Waals surface area contributed by atoms with Gasteiger partial charge >= 0.3 is 0 Å². The Kier molecular flexibility index (Phi) is 6.74. The number of unbranched alkanes of at least 4 members (excludes halogenated alkanes) is 7. The molecule has 0 aliphatic carbocycles. The summed E-state index contributed by atoms with van der Waals surface area (Å²) >= 11 is 0. The van der Waals surface area contributed by atoms with E-state index in [0.717, 1.165) is 29.9 Å². The number of hydrogen-bond acceptors (Lipinski definition) is 2. The number of ether oxygens (including phenoxy) is 1. The van der Waals surface area contributed by atoms with Crippen molar-refractivity contribution < 1.29 is 4.74 Å². The van der Waals surface area contributed by atoms with Crippen molar-refractivity contribution in [1.29, 1.82) is 0 Å². The molecule has 0 unspecified atom stereocenters. The topological polar surface area (TPSA) is 35.2 Å².